The molecule has 3 aliphatic rings. The maximum absolute atomic E-state index is 6.11. The normalized spacial score (nSPS) is 29.9. The van der Waals surface area contributed by atoms with E-state index in [1.165, 1.54) is 39.0 Å². The predicted molar refractivity (Wildman–Crippen MR) is 79.4 cm³/mol. The number of rotatable bonds is 0. The first-order valence-electron chi connectivity index (χ1n) is 6.99. The minimum atomic E-state index is -0.0954. The van der Waals surface area contributed by atoms with Crippen LogP contribution in [0, 0.1) is 5.41 Å². The Hall–Kier alpha value is -1.50. The second kappa shape index (κ2) is 3.53. The molecule has 0 saturated heterocycles. The van der Waals surface area contributed by atoms with Gasteiger partial charge in [0.25, 0.3) is 0 Å². The van der Waals surface area contributed by atoms with E-state index in [1.54, 1.807) is 0 Å². The number of allylic oxidation sites excluding steroid dienone is 7. The van der Waals surface area contributed by atoms with Crippen molar-refractivity contribution in [1.29, 1.82) is 0 Å². The summed E-state index contributed by atoms with van der Waals surface area (Å²) >= 11 is 0. The Balaban J connectivity index is 2.45. The highest BCUT2D eigenvalue weighted by Gasteiger charge is 2.54. The van der Waals surface area contributed by atoms with Gasteiger partial charge >= 0.3 is 0 Å². The van der Waals surface area contributed by atoms with E-state index in [0.29, 0.717) is 0 Å². The molecule has 0 N–H and O–H groups in total. The van der Waals surface area contributed by atoms with Gasteiger partial charge in [-0.15, -0.1) is 0 Å². The summed E-state index contributed by atoms with van der Waals surface area (Å²) in [5, 5.41) is 0. The van der Waals surface area contributed by atoms with Gasteiger partial charge in [0.1, 0.15) is 11.5 Å². The smallest absolute Gasteiger partial charge is 0.123 e. The summed E-state index contributed by atoms with van der Waals surface area (Å²) in [6, 6.07) is 0. The van der Waals surface area contributed by atoms with Crippen molar-refractivity contribution < 1.29 is 4.74 Å². The van der Waals surface area contributed by atoms with Gasteiger partial charge in [0.2, 0.25) is 0 Å². The molecule has 1 nitrogen and oxygen atoms in total. The Labute approximate surface area is 116 Å². The van der Waals surface area contributed by atoms with Crippen LogP contribution in [0.5, 0.6) is 0 Å². The molecule has 0 aromatic rings. The summed E-state index contributed by atoms with van der Waals surface area (Å²) in [7, 11) is 0. The molecule has 0 aromatic heterocycles. The van der Waals surface area contributed by atoms with Gasteiger partial charge in [-0.3, -0.25) is 0 Å². The lowest BCUT2D eigenvalue weighted by molar-refractivity contribution is 0.291. The third kappa shape index (κ3) is 1.17. The van der Waals surface area contributed by atoms with Gasteiger partial charge in [-0.05, 0) is 93.6 Å². The highest BCUT2D eigenvalue weighted by atomic mass is 16.5. The Bertz CT molecular complexity index is 662. The Kier molecular flexibility index (Phi) is 2.33. The number of hydrogen-bond donors (Lipinski definition) is 0. The largest absolute Gasteiger partial charge is 0.465 e. The van der Waals surface area contributed by atoms with E-state index in [2.05, 4.69) is 54.5 Å². The molecule has 1 spiro atoms. The highest BCUT2D eigenvalue weighted by Crippen LogP contribution is 2.64. The van der Waals surface area contributed by atoms with Crippen LogP contribution in [0.2, 0.25) is 0 Å². The van der Waals surface area contributed by atoms with Crippen molar-refractivity contribution in [3.63, 3.8) is 0 Å². The third-order valence-corrected chi connectivity index (χ3v) is 5.47. The monoisotopic (exact) mass is 254 g/mol. The molecule has 1 unspecified atom stereocenters. The summed E-state index contributed by atoms with van der Waals surface area (Å²) in [6.07, 6.45) is 2.23. The number of ether oxygens (including phenoxy) is 1. The molecule has 3 rings (SSSR count). The molecule has 1 atom stereocenters. The van der Waals surface area contributed by atoms with E-state index >= 15 is 0 Å². The lowest BCUT2D eigenvalue weighted by Crippen LogP contribution is -2.27. The first kappa shape index (κ1) is 12.5. The zero-order valence-electron chi connectivity index (χ0n) is 13.0. The summed E-state index contributed by atoms with van der Waals surface area (Å²) in [6.45, 7) is 15.5. The molecule has 100 valence electrons. The molecule has 0 fully saturated rings. The Morgan fingerprint density at radius 1 is 0.789 bits per heavy atom. The highest BCUT2D eigenvalue weighted by molar-refractivity contribution is 5.71. The van der Waals surface area contributed by atoms with Gasteiger partial charge in [0.15, 0.2) is 0 Å². The molecule has 2 aliphatic carbocycles. The summed E-state index contributed by atoms with van der Waals surface area (Å²) in [5.74, 6) is 2.17. The molecule has 1 heteroatoms. The van der Waals surface area contributed by atoms with Crippen LogP contribution in [-0.2, 0) is 4.74 Å². The number of hydrogen-bond acceptors (Lipinski definition) is 1. The minimum absolute atomic E-state index is 0.0954. The standard InChI is InChI=1S/C18H22O/c1-9-8-16-18(14(6)15(7)19-16)13(5)11(3)12(4)17(18)10(9)2/h8H,1-7H3. The van der Waals surface area contributed by atoms with Crippen molar-refractivity contribution in [2.75, 3.05) is 0 Å². The van der Waals surface area contributed by atoms with Crippen LogP contribution in [0.25, 0.3) is 0 Å². The average molecular weight is 254 g/mol. The second-order valence-electron chi connectivity index (χ2n) is 6.10. The quantitative estimate of drug-likeness (QED) is 0.577. The van der Waals surface area contributed by atoms with Crippen LogP contribution in [-0.4, -0.2) is 0 Å². The molecular weight excluding hydrogens is 232 g/mol. The van der Waals surface area contributed by atoms with Crippen molar-refractivity contribution in [2.24, 2.45) is 5.41 Å². The summed E-state index contributed by atoms with van der Waals surface area (Å²) < 4.78 is 6.11. The lowest BCUT2D eigenvalue weighted by Gasteiger charge is -2.36. The van der Waals surface area contributed by atoms with Crippen LogP contribution in [0.3, 0.4) is 0 Å². The zero-order chi connectivity index (χ0) is 14.1. The van der Waals surface area contributed by atoms with E-state index in [4.69, 9.17) is 4.74 Å². The van der Waals surface area contributed by atoms with Crippen molar-refractivity contribution in [3.05, 3.63) is 56.6 Å². The average Bonchev–Trinajstić information content (AvgIpc) is 2.72. The maximum atomic E-state index is 6.11. The van der Waals surface area contributed by atoms with Gasteiger partial charge in [-0.25, -0.2) is 0 Å². The van der Waals surface area contributed by atoms with Crippen molar-refractivity contribution >= 4 is 0 Å². The van der Waals surface area contributed by atoms with Gasteiger partial charge in [-0.2, -0.15) is 0 Å². The molecule has 0 bridgehead atoms. The summed E-state index contributed by atoms with van der Waals surface area (Å²) in [4.78, 5) is 0. The maximum Gasteiger partial charge on any atom is 0.123 e. The lowest BCUT2D eigenvalue weighted by atomic mass is 9.65. The van der Waals surface area contributed by atoms with Crippen LogP contribution in [0.4, 0.5) is 0 Å². The Morgan fingerprint density at radius 3 is 2.05 bits per heavy atom. The van der Waals surface area contributed by atoms with Gasteiger partial charge in [0.05, 0.1) is 5.41 Å². The van der Waals surface area contributed by atoms with Crippen LogP contribution < -0.4 is 0 Å². The third-order valence-electron chi connectivity index (χ3n) is 5.47. The molecule has 19 heavy (non-hydrogen) atoms. The molecule has 1 aliphatic heterocycles. The van der Waals surface area contributed by atoms with Crippen molar-refractivity contribution in [2.45, 2.75) is 48.5 Å². The SMILES string of the molecule is CC1=C(C)C2=C(C)C(C)=C(C)C23C(=C1)OC(C)=C3C. The van der Waals surface area contributed by atoms with Crippen molar-refractivity contribution in [3.8, 4) is 0 Å². The molecule has 0 radical (unpaired) electrons. The van der Waals surface area contributed by atoms with Crippen molar-refractivity contribution in [1.82, 2.24) is 0 Å². The second-order valence-corrected chi connectivity index (χ2v) is 6.10. The predicted octanol–water partition coefficient (Wildman–Crippen LogP) is 5.20. The fourth-order valence-corrected chi connectivity index (χ4v) is 3.96. The molecule has 1 heterocycles. The zero-order valence-corrected chi connectivity index (χ0v) is 13.0. The van der Waals surface area contributed by atoms with Gasteiger partial charge in [-0.1, -0.05) is 0 Å². The first-order chi connectivity index (χ1) is 8.83. The summed E-state index contributed by atoms with van der Waals surface area (Å²) in [5.41, 5.74) is 9.75. The first-order valence-corrected chi connectivity index (χ1v) is 6.99. The Morgan fingerprint density at radius 2 is 1.42 bits per heavy atom. The van der Waals surface area contributed by atoms with Crippen LogP contribution in [0.15, 0.2) is 56.6 Å². The topological polar surface area (TPSA) is 9.23 Å². The van der Waals surface area contributed by atoms with E-state index in [1.807, 2.05) is 0 Å². The molecule has 0 amide bonds. The molecule has 0 aromatic carbocycles. The van der Waals surface area contributed by atoms with E-state index in [-0.39, 0.29) is 5.41 Å². The van der Waals surface area contributed by atoms with E-state index in [0.717, 1.165) is 11.5 Å². The van der Waals surface area contributed by atoms with Crippen LogP contribution >= 0.6 is 0 Å². The molecular formula is C18H22O. The molecule has 0 saturated carbocycles. The van der Waals surface area contributed by atoms with E-state index in [9.17, 15) is 0 Å². The van der Waals surface area contributed by atoms with Gasteiger partial charge < -0.3 is 4.74 Å². The van der Waals surface area contributed by atoms with Crippen LogP contribution in [0.1, 0.15) is 48.5 Å². The van der Waals surface area contributed by atoms with Gasteiger partial charge in [0, 0.05) is 0 Å². The fourth-order valence-electron chi connectivity index (χ4n) is 3.96. The minimum Gasteiger partial charge on any atom is -0.465 e. The van der Waals surface area contributed by atoms with E-state index < -0.39 is 0 Å². The fraction of sp³-hybridized carbons (Fsp3) is 0.444.